The Bertz CT molecular complexity index is 321. The van der Waals surface area contributed by atoms with Gasteiger partial charge in [-0.15, -0.1) is 0 Å². The van der Waals surface area contributed by atoms with Gasteiger partial charge in [-0.1, -0.05) is 0 Å². The van der Waals surface area contributed by atoms with Crippen molar-refractivity contribution in [2.24, 2.45) is 0 Å². The van der Waals surface area contributed by atoms with E-state index in [0.29, 0.717) is 0 Å². The fourth-order valence-corrected chi connectivity index (χ4v) is 1.39. The van der Waals surface area contributed by atoms with Gasteiger partial charge in [-0.05, 0) is 0 Å². The zero-order valence-electron chi connectivity index (χ0n) is 8.06. The van der Waals surface area contributed by atoms with E-state index in [9.17, 15) is 18.0 Å². The molecule has 0 rings (SSSR count). The van der Waals surface area contributed by atoms with Crippen molar-refractivity contribution in [2.45, 2.75) is 6.42 Å². The summed E-state index contributed by atoms with van der Waals surface area (Å²) in [6, 6.07) is 0. The maximum Gasteiger partial charge on any atom is 0.305 e. The van der Waals surface area contributed by atoms with Gasteiger partial charge in [0.1, 0.15) is 5.75 Å². The fourth-order valence-electron chi connectivity index (χ4n) is 0.723. The van der Waals surface area contributed by atoms with Crippen LogP contribution in [0.2, 0.25) is 0 Å². The number of carboxylic acid groups (broad SMARTS) is 1. The molecule has 0 bridgehead atoms. The van der Waals surface area contributed by atoms with E-state index >= 15 is 0 Å². The van der Waals surface area contributed by atoms with Gasteiger partial charge in [0, 0.05) is 19.8 Å². The molecule has 0 aromatic heterocycles. The fraction of sp³-hybridized carbons (Fsp3) is 0.714. The lowest BCUT2D eigenvalue weighted by atomic mass is 10.4. The van der Waals surface area contributed by atoms with Crippen LogP contribution >= 0.6 is 0 Å². The summed E-state index contributed by atoms with van der Waals surface area (Å²) >= 11 is 0. The average Bonchev–Trinajstić information content (AvgIpc) is 1.96. The molecule has 0 saturated heterocycles. The standard InChI is InChI=1S/C7H13NO5S/c1-8(4-3-7(10)11)6(9)5-14(2,12)13/h3-5H2,1-2H3,(H,10,11). The van der Waals surface area contributed by atoms with E-state index in [1.807, 2.05) is 0 Å². The molecule has 0 aliphatic rings. The van der Waals surface area contributed by atoms with Crippen molar-refractivity contribution >= 4 is 21.7 Å². The van der Waals surface area contributed by atoms with Crippen molar-refractivity contribution in [1.29, 1.82) is 0 Å². The summed E-state index contributed by atoms with van der Waals surface area (Å²) < 4.78 is 21.4. The van der Waals surface area contributed by atoms with Crippen LogP contribution in [0, 0.1) is 0 Å². The Morgan fingerprint density at radius 2 is 1.86 bits per heavy atom. The van der Waals surface area contributed by atoms with E-state index in [1.54, 1.807) is 0 Å². The number of aliphatic carboxylic acids is 1. The summed E-state index contributed by atoms with van der Waals surface area (Å²) in [4.78, 5) is 22.4. The molecule has 0 aromatic rings. The number of carbonyl (C=O) groups is 2. The number of hydrogen-bond donors (Lipinski definition) is 1. The number of sulfone groups is 1. The Hall–Kier alpha value is -1.11. The third kappa shape index (κ3) is 6.41. The molecule has 1 amide bonds. The summed E-state index contributed by atoms with van der Waals surface area (Å²) in [7, 11) is -1.97. The van der Waals surface area contributed by atoms with Gasteiger partial charge in [-0.25, -0.2) is 8.42 Å². The highest BCUT2D eigenvalue weighted by Crippen LogP contribution is 1.92. The second kappa shape index (κ2) is 4.94. The van der Waals surface area contributed by atoms with Gasteiger partial charge >= 0.3 is 5.97 Å². The molecule has 0 aliphatic heterocycles. The predicted octanol–water partition coefficient (Wildman–Crippen LogP) is -1.04. The van der Waals surface area contributed by atoms with E-state index in [2.05, 4.69) is 0 Å². The first-order valence-electron chi connectivity index (χ1n) is 3.86. The Labute approximate surface area is 82.4 Å². The van der Waals surface area contributed by atoms with E-state index in [0.717, 1.165) is 11.2 Å². The smallest absolute Gasteiger partial charge is 0.305 e. The van der Waals surface area contributed by atoms with Gasteiger partial charge < -0.3 is 10.0 Å². The van der Waals surface area contributed by atoms with Crippen LogP contribution in [0.4, 0.5) is 0 Å². The Balaban J connectivity index is 4.07. The molecule has 0 heterocycles. The minimum Gasteiger partial charge on any atom is -0.481 e. The number of nitrogens with zero attached hydrogens (tertiary/aromatic N) is 1. The van der Waals surface area contributed by atoms with Crippen molar-refractivity contribution in [3.8, 4) is 0 Å². The van der Waals surface area contributed by atoms with E-state index in [1.165, 1.54) is 7.05 Å². The summed E-state index contributed by atoms with van der Waals surface area (Å²) in [5.41, 5.74) is 0. The first kappa shape index (κ1) is 12.9. The van der Waals surface area contributed by atoms with Gasteiger partial charge in [0.15, 0.2) is 9.84 Å². The summed E-state index contributed by atoms with van der Waals surface area (Å²) in [6.45, 7) is 0.0175. The minimum absolute atomic E-state index is 0.0175. The summed E-state index contributed by atoms with van der Waals surface area (Å²) in [5.74, 6) is -2.19. The first-order valence-corrected chi connectivity index (χ1v) is 5.92. The van der Waals surface area contributed by atoms with Gasteiger partial charge in [-0.3, -0.25) is 9.59 Å². The molecule has 0 fully saturated rings. The minimum atomic E-state index is -3.35. The Kier molecular flexibility index (Phi) is 4.55. The molecular weight excluding hydrogens is 210 g/mol. The molecule has 6 nitrogen and oxygen atoms in total. The van der Waals surface area contributed by atoms with Crippen molar-refractivity contribution in [3.63, 3.8) is 0 Å². The van der Waals surface area contributed by atoms with Crippen LogP contribution in [0.5, 0.6) is 0 Å². The maximum absolute atomic E-state index is 11.1. The quantitative estimate of drug-likeness (QED) is 0.643. The topological polar surface area (TPSA) is 91.8 Å². The Morgan fingerprint density at radius 3 is 2.21 bits per heavy atom. The van der Waals surface area contributed by atoms with Crippen LogP contribution in [0.15, 0.2) is 0 Å². The van der Waals surface area contributed by atoms with Crippen LogP contribution in [0.1, 0.15) is 6.42 Å². The van der Waals surface area contributed by atoms with Crippen molar-refractivity contribution < 1.29 is 23.1 Å². The monoisotopic (exact) mass is 223 g/mol. The summed E-state index contributed by atoms with van der Waals surface area (Å²) in [6.07, 6.45) is 0.766. The number of hydrogen-bond acceptors (Lipinski definition) is 4. The number of amides is 1. The molecule has 0 unspecified atom stereocenters. The van der Waals surface area contributed by atoms with Crippen LogP contribution in [0.25, 0.3) is 0 Å². The van der Waals surface area contributed by atoms with Gasteiger partial charge in [0.25, 0.3) is 0 Å². The molecule has 0 radical (unpaired) electrons. The average molecular weight is 223 g/mol. The molecule has 14 heavy (non-hydrogen) atoms. The highest BCUT2D eigenvalue weighted by atomic mass is 32.2. The molecule has 7 heteroatoms. The third-order valence-electron chi connectivity index (χ3n) is 1.47. The number of carboxylic acids is 1. The molecule has 0 spiro atoms. The van der Waals surface area contributed by atoms with Crippen LogP contribution in [0.3, 0.4) is 0 Å². The third-order valence-corrected chi connectivity index (χ3v) is 2.24. The molecule has 1 N–H and O–H groups in total. The van der Waals surface area contributed by atoms with Gasteiger partial charge in [0.2, 0.25) is 5.91 Å². The van der Waals surface area contributed by atoms with Crippen LogP contribution in [-0.2, 0) is 19.4 Å². The molecule has 0 atom stereocenters. The molecule has 0 aromatic carbocycles. The molecular formula is C7H13NO5S. The Morgan fingerprint density at radius 1 is 1.36 bits per heavy atom. The zero-order chi connectivity index (χ0) is 11.4. The van der Waals surface area contributed by atoms with Crippen molar-refractivity contribution in [2.75, 3.05) is 25.6 Å². The SMILES string of the molecule is CN(CCC(=O)O)C(=O)CS(C)(=O)=O. The second-order valence-electron chi connectivity index (χ2n) is 3.03. The molecule has 0 aliphatic carbocycles. The largest absolute Gasteiger partial charge is 0.481 e. The zero-order valence-corrected chi connectivity index (χ0v) is 8.87. The lowest BCUT2D eigenvalue weighted by Gasteiger charge is -2.14. The first-order chi connectivity index (χ1) is 6.22. The predicted molar refractivity (Wildman–Crippen MR) is 49.6 cm³/mol. The van der Waals surface area contributed by atoms with Crippen molar-refractivity contribution in [3.05, 3.63) is 0 Å². The normalized spacial score (nSPS) is 11.0. The highest BCUT2D eigenvalue weighted by Gasteiger charge is 2.15. The molecule has 0 saturated carbocycles. The maximum atomic E-state index is 11.1. The van der Waals surface area contributed by atoms with Gasteiger partial charge in [0.05, 0.1) is 6.42 Å². The highest BCUT2D eigenvalue weighted by molar-refractivity contribution is 7.91. The lowest BCUT2D eigenvalue weighted by Crippen LogP contribution is -2.33. The van der Waals surface area contributed by atoms with E-state index in [-0.39, 0.29) is 13.0 Å². The van der Waals surface area contributed by atoms with Gasteiger partial charge in [-0.2, -0.15) is 0 Å². The summed E-state index contributed by atoms with van der Waals surface area (Å²) in [5, 5.41) is 8.32. The lowest BCUT2D eigenvalue weighted by molar-refractivity contribution is -0.137. The van der Waals surface area contributed by atoms with E-state index in [4.69, 9.17) is 5.11 Å². The second-order valence-corrected chi connectivity index (χ2v) is 5.17. The molecule has 82 valence electrons. The van der Waals surface area contributed by atoms with E-state index < -0.39 is 27.5 Å². The van der Waals surface area contributed by atoms with Crippen LogP contribution < -0.4 is 0 Å². The number of carbonyl (C=O) groups excluding carboxylic acids is 1. The van der Waals surface area contributed by atoms with Crippen LogP contribution in [-0.4, -0.2) is 55.9 Å². The number of rotatable bonds is 5. The van der Waals surface area contributed by atoms with Crippen molar-refractivity contribution in [1.82, 2.24) is 4.90 Å².